The Morgan fingerprint density at radius 2 is 2.31 bits per heavy atom. The van der Waals surface area contributed by atoms with Crippen LogP contribution in [0.2, 0.25) is 0 Å². The summed E-state index contributed by atoms with van der Waals surface area (Å²) < 4.78 is 5.17. The van der Waals surface area contributed by atoms with E-state index < -0.39 is 0 Å². The van der Waals surface area contributed by atoms with Crippen LogP contribution in [0, 0.1) is 5.92 Å². The van der Waals surface area contributed by atoms with E-state index in [0.29, 0.717) is 5.92 Å². The van der Waals surface area contributed by atoms with E-state index >= 15 is 0 Å². The van der Waals surface area contributed by atoms with Gasteiger partial charge in [0.05, 0.1) is 6.04 Å². The summed E-state index contributed by atoms with van der Waals surface area (Å²) in [6.07, 6.45) is 5.57. The Labute approximate surface area is 77.5 Å². The van der Waals surface area contributed by atoms with Crippen molar-refractivity contribution in [3.63, 3.8) is 0 Å². The number of nitrogens with one attached hydrogen (secondary N) is 1. The van der Waals surface area contributed by atoms with Crippen molar-refractivity contribution in [3.8, 4) is 0 Å². The number of carbonyl (C=O) groups is 1. The minimum absolute atomic E-state index is 0.0369. The van der Waals surface area contributed by atoms with Crippen LogP contribution in [0.3, 0.4) is 0 Å². The maximum Gasteiger partial charge on any atom is 0.408 e. The average Bonchev–Trinajstić information content (AvgIpc) is 2.43. The van der Waals surface area contributed by atoms with Gasteiger partial charge in [-0.3, -0.25) is 0 Å². The lowest BCUT2D eigenvalue weighted by molar-refractivity contribution is 0.147. The second kappa shape index (κ2) is 2.91. The summed E-state index contributed by atoms with van der Waals surface area (Å²) in [5.41, 5.74) is 1.19. The Balaban J connectivity index is 2.25. The third-order valence-electron chi connectivity index (χ3n) is 2.45. The van der Waals surface area contributed by atoms with Gasteiger partial charge in [0.1, 0.15) is 6.10 Å². The summed E-state index contributed by atoms with van der Waals surface area (Å²) in [6, 6.07) is 0.0369. The van der Waals surface area contributed by atoms with Gasteiger partial charge >= 0.3 is 6.09 Å². The highest BCUT2D eigenvalue weighted by Crippen LogP contribution is 2.27. The molecule has 3 nitrogen and oxygen atoms in total. The molecule has 2 atom stereocenters. The minimum Gasteiger partial charge on any atom is -0.439 e. The monoisotopic (exact) mass is 179 g/mol. The molecular weight excluding hydrogens is 166 g/mol. The number of allylic oxidation sites excluding steroid dienone is 2. The summed E-state index contributed by atoms with van der Waals surface area (Å²) in [7, 11) is 0. The highest BCUT2D eigenvalue weighted by atomic mass is 16.6. The molecule has 13 heavy (non-hydrogen) atoms. The maximum atomic E-state index is 11.0. The molecule has 0 aromatic heterocycles. The van der Waals surface area contributed by atoms with Crippen molar-refractivity contribution in [1.82, 2.24) is 5.32 Å². The van der Waals surface area contributed by atoms with Gasteiger partial charge in [-0.15, -0.1) is 0 Å². The number of alkyl carbamates (subject to hydrolysis) is 1. The van der Waals surface area contributed by atoms with Crippen LogP contribution in [0.15, 0.2) is 23.8 Å². The van der Waals surface area contributed by atoms with Crippen LogP contribution in [-0.2, 0) is 4.74 Å². The topological polar surface area (TPSA) is 38.3 Å². The quantitative estimate of drug-likeness (QED) is 0.664. The fraction of sp³-hybridized carbons (Fsp3) is 0.500. The van der Waals surface area contributed by atoms with Crippen molar-refractivity contribution in [2.75, 3.05) is 0 Å². The van der Waals surface area contributed by atoms with Gasteiger partial charge in [-0.2, -0.15) is 0 Å². The van der Waals surface area contributed by atoms with E-state index in [1.165, 1.54) is 5.57 Å². The van der Waals surface area contributed by atoms with E-state index in [4.69, 9.17) is 4.74 Å². The number of hydrogen-bond donors (Lipinski definition) is 1. The summed E-state index contributed by atoms with van der Waals surface area (Å²) in [5.74, 6) is 0.421. The molecule has 0 saturated carbocycles. The van der Waals surface area contributed by atoms with Gasteiger partial charge in [0.15, 0.2) is 0 Å². The second-order valence-electron chi connectivity index (χ2n) is 3.70. The summed E-state index contributed by atoms with van der Waals surface area (Å²) >= 11 is 0. The van der Waals surface area contributed by atoms with E-state index in [1.54, 1.807) is 0 Å². The lowest BCUT2D eigenvalue weighted by atomic mass is 9.90. The fourth-order valence-electron chi connectivity index (χ4n) is 1.76. The van der Waals surface area contributed by atoms with Gasteiger partial charge in [-0.1, -0.05) is 32.1 Å². The van der Waals surface area contributed by atoms with Crippen LogP contribution in [-0.4, -0.2) is 18.2 Å². The van der Waals surface area contributed by atoms with Crippen molar-refractivity contribution in [3.05, 3.63) is 23.8 Å². The van der Waals surface area contributed by atoms with Crippen LogP contribution in [0.4, 0.5) is 4.79 Å². The smallest absolute Gasteiger partial charge is 0.408 e. The molecule has 0 bridgehead atoms. The molecule has 1 heterocycles. The van der Waals surface area contributed by atoms with Gasteiger partial charge in [-0.05, 0) is 11.5 Å². The first-order valence-corrected chi connectivity index (χ1v) is 4.54. The van der Waals surface area contributed by atoms with Crippen LogP contribution in [0.25, 0.3) is 0 Å². The van der Waals surface area contributed by atoms with E-state index in [2.05, 4.69) is 19.2 Å². The van der Waals surface area contributed by atoms with Crippen molar-refractivity contribution >= 4 is 6.09 Å². The molecule has 3 heteroatoms. The Bertz CT molecular complexity index is 291. The van der Waals surface area contributed by atoms with Crippen molar-refractivity contribution in [2.45, 2.75) is 26.0 Å². The number of rotatable bonds is 1. The normalized spacial score (nSPS) is 31.0. The third-order valence-corrected chi connectivity index (χ3v) is 2.45. The molecule has 0 radical (unpaired) electrons. The van der Waals surface area contributed by atoms with Crippen LogP contribution in [0.5, 0.6) is 0 Å². The molecule has 0 aromatic carbocycles. The molecule has 1 aliphatic carbocycles. The molecule has 1 N–H and O–H groups in total. The number of amides is 1. The zero-order valence-corrected chi connectivity index (χ0v) is 7.78. The number of fused-ring (bicyclic) bond motifs is 1. The lowest BCUT2D eigenvalue weighted by Gasteiger charge is -2.22. The molecule has 0 spiro atoms. The summed E-state index contributed by atoms with van der Waals surface area (Å²) in [6.45, 7) is 4.21. The first-order chi connectivity index (χ1) is 6.18. The average molecular weight is 179 g/mol. The predicted molar refractivity (Wildman–Crippen MR) is 49.3 cm³/mol. The van der Waals surface area contributed by atoms with Crippen LogP contribution >= 0.6 is 0 Å². The molecule has 1 fully saturated rings. The third kappa shape index (κ3) is 1.34. The molecule has 2 unspecified atom stereocenters. The van der Waals surface area contributed by atoms with Crippen LogP contribution in [0.1, 0.15) is 13.8 Å². The molecule has 0 aromatic rings. The van der Waals surface area contributed by atoms with E-state index in [-0.39, 0.29) is 18.2 Å². The highest BCUT2D eigenvalue weighted by molar-refractivity contribution is 5.72. The lowest BCUT2D eigenvalue weighted by Crippen LogP contribution is -2.33. The first-order valence-electron chi connectivity index (χ1n) is 4.54. The van der Waals surface area contributed by atoms with Gasteiger partial charge in [0, 0.05) is 0 Å². The largest absolute Gasteiger partial charge is 0.439 e. The predicted octanol–water partition coefficient (Wildman–Crippen LogP) is 1.62. The van der Waals surface area contributed by atoms with Crippen molar-refractivity contribution in [2.24, 2.45) is 5.92 Å². The fourth-order valence-corrected chi connectivity index (χ4v) is 1.76. The maximum absolute atomic E-state index is 11.0. The summed E-state index contributed by atoms with van der Waals surface area (Å²) in [4.78, 5) is 11.0. The molecule has 2 rings (SSSR count). The number of ether oxygens (including phenoxy) is 1. The van der Waals surface area contributed by atoms with Crippen LogP contribution < -0.4 is 5.32 Å². The Hall–Kier alpha value is -1.25. The Morgan fingerprint density at radius 1 is 1.54 bits per heavy atom. The zero-order chi connectivity index (χ0) is 9.42. The van der Waals surface area contributed by atoms with Gasteiger partial charge < -0.3 is 10.1 Å². The minimum atomic E-state index is -0.312. The molecule has 1 aliphatic heterocycles. The Morgan fingerprint density at radius 3 is 3.00 bits per heavy atom. The van der Waals surface area contributed by atoms with Gasteiger partial charge in [0.2, 0.25) is 0 Å². The van der Waals surface area contributed by atoms with Crippen molar-refractivity contribution < 1.29 is 9.53 Å². The number of hydrogen-bond acceptors (Lipinski definition) is 2. The number of carbonyl (C=O) groups excluding carboxylic acids is 1. The highest BCUT2D eigenvalue weighted by Gasteiger charge is 2.36. The first kappa shape index (κ1) is 8.35. The molecule has 2 aliphatic rings. The van der Waals surface area contributed by atoms with Gasteiger partial charge in [-0.25, -0.2) is 4.79 Å². The van der Waals surface area contributed by atoms with Crippen molar-refractivity contribution in [1.29, 1.82) is 0 Å². The standard InChI is InChI=1S/C10H13NO2/c1-6(2)7-4-3-5-8-9(7)13-10(12)11-8/h3-6,8-9H,1-2H3,(H,11,12). The second-order valence-corrected chi connectivity index (χ2v) is 3.70. The van der Waals surface area contributed by atoms with Gasteiger partial charge in [0.25, 0.3) is 0 Å². The zero-order valence-electron chi connectivity index (χ0n) is 7.78. The molecule has 1 saturated heterocycles. The SMILES string of the molecule is CC(C)C1=CC=CC2NC(=O)OC12. The van der Waals surface area contributed by atoms with E-state index in [0.717, 1.165) is 0 Å². The molecule has 1 amide bonds. The summed E-state index contributed by atoms with van der Waals surface area (Å²) in [5, 5.41) is 2.75. The Kier molecular flexibility index (Phi) is 1.87. The van der Waals surface area contributed by atoms with E-state index in [9.17, 15) is 4.79 Å². The molecule has 70 valence electrons. The molecular formula is C10H13NO2. The van der Waals surface area contributed by atoms with E-state index in [1.807, 2.05) is 18.2 Å².